The van der Waals surface area contributed by atoms with Crippen LogP contribution in [0.25, 0.3) is 10.9 Å². The van der Waals surface area contributed by atoms with Crippen LogP contribution >= 0.6 is 0 Å². The number of anilines is 2. The van der Waals surface area contributed by atoms with Gasteiger partial charge in [-0.3, -0.25) is 0 Å². The number of methoxy groups -OCH3 is 1. The van der Waals surface area contributed by atoms with Crippen LogP contribution in [-0.2, 0) is 5.92 Å². The Kier molecular flexibility index (Phi) is 6.28. The Morgan fingerprint density at radius 1 is 1.22 bits per heavy atom. The number of hydrogen-bond acceptors (Lipinski definition) is 8. The van der Waals surface area contributed by atoms with E-state index in [1.807, 2.05) is 11.0 Å². The summed E-state index contributed by atoms with van der Waals surface area (Å²) in [6.45, 7) is 7.74. The lowest BCUT2D eigenvalue weighted by Gasteiger charge is -2.45. The highest BCUT2D eigenvalue weighted by atomic mass is 19.3. The van der Waals surface area contributed by atoms with Crippen molar-refractivity contribution in [1.82, 2.24) is 15.2 Å². The van der Waals surface area contributed by atoms with Crippen molar-refractivity contribution in [1.29, 1.82) is 0 Å². The first-order valence-corrected chi connectivity index (χ1v) is 11.5. The highest BCUT2D eigenvalue weighted by Crippen LogP contribution is 2.42. The molecular formula is C25H30F3N5O3. The Labute approximate surface area is 207 Å². The molecule has 1 atom stereocenters. The van der Waals surface area contributed by atoms with E-state index in [2.05, 4.69) is 20.5 Å². The van der Waals surface area contributed by atoms with Gasteiger partial charge in [-0.25, -0.2) is 9.37 Å². The maximum absolute atomic E-state index is 15.3. The van der Waals surface area contributed by atoms with E-state index in [0.29, 0.717) is 41.3 Å². The molecule has 1 aromatic carbocycles. The minimum absolute atomic E-state index is 0.0209. The van der Waals surface area contributed by atoms with Crippen molar-refractivity contribution < 1.29 is 28.1 Å². The van der Waals surface area contributed by atoms with Gasteiger partial charge in [-0.2, -0.15) is 13.9 Å². The molecule has 0 saturated carbocycles. The summed E-state index contributed by atoms with van der Waals surface area (Å²) in [5, 5.41) is 32.1. The van der Waals surface area contributed by atoms with Gasteiger partial charge < -0.3 is 25.2 Å². The SMILES string of the molecule is COc1nc2c(C)nnc(N[C@H](C)c3cccc(C(F)(F)C(C)(C)O)c3F)c2cc1N1CC(C)(O)C1. The molecule has 0 bridgehead atoms. The summed E-state index contributed by atoms with van der Waals surface area (Å²) >= 11 is 0. The summed E-state index contributed by atoms with van der Waals surface area (Å²) in [5.74, 6) is -4.28. The normalized spacial score (nSPS) is 16.6. The van der Waals surface area contributed by atoms with E-state index in [9.17, 15) is 19.0 Å². The van der Waals surface area contributed by atoms with Crippen LogP contribution in [0.1, 0.15) is 50.6 Å². The van der Waals surface area contributed by atoms with Gasteiger partial charge in [-0.1, -0.05) is 12.1 Å². The summed E-state index contributed by atoms with van der Waals surface area (Å²) < 4.78 is 50.3. The smallest absolute Gasteiger partial charge is 0.303 e. The van der Waals surface area contributed by atoms with Crippen LogP contribution in [0.15, 0.2) is 24.3 Å². The summed E-state index contributed by atoms with van der Waals surface area (Å²) in [5.41, 5.74) is -2.48. The van der Waals surface area contributed by atoms with Gasteiger partial charge in [0.25, 0.3) is 0 Å². The predicted molar refractivity (Wildman–Crippen MR) is 130 cm³/mol. The number of fused-ring (bicyclic) bond motifs is 1. The van der Waals surface area contributed by atoms with Crippen molar-refractivity contribution in [2.75, 3.05) is 30.4 Å². The van der Waals surface area contributed by atoms with Crippen molar-refractivity contribution in [2.45, 2.75) is 57.8 Å². The quantitative estimate of drug-likeness (QED) is 0.441. The molecule has 2 aromatic heterocycles. The van der Waals surface area contributed by atoms with E-state index in [-0.39, 0.29) is 11.4 Å². The van der Waals surface area contributed by atoms with Crippen LogP contribution in [0.3, 0.4) is 0 Å². The second kappa shape index (κ2) is 8.74. The largest absolute Gasteiger partial charge is 0.480 e. The third kappa shape index (κ3) is 4.41. The Balaban J connectivity index is 1.74. The van der Waals surface area contributed by atoms with Crippen LogP contribution in [0.2, 0.25) is 0 Å². The number of nitrogens with zero attached hydrogens (tertiary/aromatic N) is 4. The molecule has 0 spiro atoms. The average Bonchev–Trinajstić information content (AvgIpc) is 2.77. The Bertz CT molecular complexity index is 1300. The molecule has 3 aromatic rings. The number of halogens is 3. The summed E-state index contributed by atoms with van der Waals surface area (Å²) in [6.07, 6.45) is 0. The number of β-amino-alcohol motifs (C(OH)–C–C–N with tert-alkyl or cyclic N) is 1. The fourth-order valence-electron chi connectivity index (χ4n) is 4.34. The van der Waals surface area contributed by atoms with E-state index in [4.69, 9.17) is 4.74 Å². The second-order valence-electron chi connectivity index (χ2n) is 10.1. The van der Waals surface area contributed by atoms with Gasteiger partial charge >= 0.3 is 5.92 Å². The molecular weight excluding hydrogens is 475 g/mol. The molecule has 3 heterocycles. The van der Waals surface area contributed by atoms with E-state index in [1.54, 1.807) is 20.8 Å². The van der Waals surface area contributed by atoms with Gasteiger partial charge in [0.05, 0.1) is 30.0 Å². The predicted octanol–water partition coefficient (Wildman–Crippen LogP) is 4.09. The monoisotopic (exact) mass is 505 g/mol. The zero-order valence-corrected chi connectivity index (χ0v) is 21.0. The number of pyridine rings is 1. The molecule has 0 radical (unpaired) electrons. The maximum Gasteiger partial charge on any atom is 0.303 e. The van der Waals surface area contributed by atoms with E-state index in [0.717, 1.165) is 19.9 Å². The van der Waals surface area contributed by atoms with E-state index >= 15 is 4.39 Å². The van der Waals surface area contributed by atoms with E-state index < -0.39 is 34.5 Å². The minimum Gasteiger partial charge on any atom is -0.480 e. The average molecular weight is 506 g/mol. The van der Waals surface area contributed by atoms with Crippen LogP contribution in [-0.4, -0.2) is 56.8 Å². The van der Waals surface area contributed by atoms with Gasteiger partial charge in [0.1, 0.15) is 22.6 Å². The molecule has 1 aliphatic rings. The number of nitrogens with one attached hydrogen (secondary N) is 1. The number of aryl methyl sites for hydroxylation is 1. The maximum atomic E-state index is 15.3. The van der Waals surface area contributed by atoms with Crippen LogP contribution in [0, 0.1) is 12.7 Å². The standard InChI is InChI=1S/C25H30F3N5O3/c1-13(15-8-7-9-17(19(15)26)25(27,28)23(3,4)34)29-21-16-10-18(33-11-24(5,35)12-33)22(36-6)30-20(16)14(2)31-32-21/h7-10,13,34-35H,11-12H2,1-6H3,(H,29,32)/t13-/m1/s1. The molecule has 36 heavy (non-hydrogen) atoms. The molecule has 4 rings (SSSR count). The number of hydrogen-bond donors (Lipinski definition) is 3. The fourth-order valence-corrected chi connectivity index (χ4v) is 4.34. The van der Waals surface area contributed by atoms with Gasteiger partial charge in [0.2, 0.25) is 5.88 Å². The Morgan fingerprint density at radius 3 is 2.47 bits per heavy atom. The van der Waals surface area contributed by atoms with Crippen LogP contribution in [0.4, 0.5) is 24.7 Å². The number of alkyl halides is 2. The lowest BCUT2D eigenvalue weighted by molar-refractivity contribution is -0.170. The minimum atomic E-state index is -3.81. The van der Waals surface area contributed by atoms with Crippen molar-refractivity contribution in [3.8, 4) is 5.88 Å². The number of ether oxygens (including phenoxy) is 1. The number of aromatic nitrogens is 3. The molecule has 1 aliphatic heterocycles. The van der Waals surface area contributed by atoms with Crippen molar-refractivity contribution in [2.24, 2.45) is 0 Å². The first-order valence-electron chi connectivity index (χ1n) is 11.5. The Hall–Kier alpha value is -3.18. The van der Waals surface area contributed by atoms with Crippen LogP contribution < -0.4 is 15.0 Å². The summed E-state index contributed by atoms with van der Waals surface area (Å²) in [7, 11) is 1.50. The van der Waals surface area contributed by atoms with E-state index in [1.165, 1.54) is 19.2 Å². The van der Waals surface area contributed by atoms with Crippen molar-refractivity contribution >= 4 is 22.4 Å². The highest BCUT2D eigenvalue weighted by Gasteiger charge is 2.49. The highest BCUT2D eigenvalue weighted by molar-refractivity contribution is 5.94. The molecule has 3 N–H and O–H groups in total. The zero-order chi connectivity index (χ0) is 26.6. The molecule has 0 unspecified atom stereocenters. The summed E-state index contributed by atoms with van der Waals surface area (Å²) in [6, 6.07) is 4.72. The second-order valence-corrected chi connectivity index (χ2v) is 10.1. The third-order valence-corrected chi connectivity index (χ3v) is 6.42. The van der Waals surface area contributed by atoms with Gasteiger partial charge in [-0.15, -0.1) is 5.10 Å². The fraction of sp³-hybridized carbons (Fsp3) is 0.480. The molecule has 1 saturated heterocycles. The molecule has 194 valence electrons. The molecule has 1 fully saturated rings. The zero-order valence-electron chi connectivity index (χ0n) is 21.0. The molecule has 0 aliphatic carbocycles. The number of aliphatic hydroxyl groups is 2. The third-order valence-electron chi connectivity index (χ3n) is 6.42. The van der Waals surface area contributed by atoms with Gasteiger partial charge in [-0.05, 0) is 46.8 Å². The van der Waals surface area contributed by atoms with Crippen LogP contribution in [0.5, 0.6) is 5.88 Å². The van der Waals surface area contributed by atoms with Gasteiger partial charge in [0, 0.05) is 24.0 Å². The molecule has 0 amide bonds. The van der Waals surface area contributed by atoms with Crippen molar-refractivity contribution in [3.63, 3.8) is 0 Å². The van der Waals surface area contributed by atoms with Gasteiger partial charge in [0.15, 0.2) is 5.82 Å². The number of rotatable bonds is 7. The number of benzene rings is 1. The first-order chi connectivity index (χ1) is 16.7. The lowest BCUT2D eigenvalue weighted by atomic mass is 9.91. The molecule has 11 heteroatoms. The lowest BCUT2D eigenvalue weighted by Crippen LogP contribution is -2.60. The van der Waals surface area contributed by atoms with Crippen molar-refractivity contribution in [3.05, 3.63) is 46.9 Å². The topological polar surface area (TPSA) is 104 Å². The molecule has 8 nitrogen and oxygen atoms in total. The Morgan fingerprint density at radius 2 is 1.89 bits per heavy atom. The summed E-state index contributed by atoms with van der Waals surface area (Å²) in [4.78, 5) is 6.50. The first kappa shape index (κ1) is 25.9.